The van der Waals surface area contributed by atoms with E-state index in [4.69, 9.17) is 9.15 Å². The third-order valence-corrected chi connectivity index (χ3v) is 3.27. The number of carbonyl (C=O) groups is 1. The monoisotopic (exact) mass is 296 g/mol. The average Bonchev–Trinajstić information content (AvgIpc) is 2.72. The Labute approximate surface area is 125 Å². The Morgan fingerprint density at radius 3 is 2.62 bits per heavy atom. The maximum atomic E-state index is 12.1. The second-order valence-electron chi connectivity index (χ2n) is 6.47. The summed E-state index contributed by atoms with van der Waals surface area (Å²) in [7, 11) is 0. The number of aryl methyl sites for hydroxylation is 1. The summed E-state index contributed by atoms with van der Waals surface area (Å²) in [6.45, 7) is 12.2. The molecule has 1 saturated heterocycles. The summed E-state index contributed by atoms with van der Waals surface area (Å²) in [5.74, 6) is 1.19. The molecule has 0 unspecified atom stereocenters. The Hall–Kier alpha value is -1.63. The van der Waals surface area contributed by atoms with Crippen LogP contribution in [0.15, 0.2) is 4.42 Å². The summed E-state index contributed by atoms with van der Waals surface area (Å²) in [4.78, 5) is 16.1. The van der Waals surface area contributed by atoms with E-state index in [-0.39, 0.29) is 12.1 Å². The van der Waals surface area contributed by atoms with Crippen molar-refractivity contribution in [1.82, 2.24) is 20.0 Å². The highest BCUT2D eigenvalue weighted by Crippen LogP contribution is 2.16. The number of hydrogen-bond donors (Lipinski definition) is 0. The van der Waals surface area contributed by atoms with Crippen LogP contribution in [0, 0.1) is 6.92 Å². The molecule has 0 N–H and O–H groups in total. The molecule has 21 heavy (non-hydrogen) atoms. The molecule has 0 saturated carbocycles. The van der Waals surface area contributed by atoms with Crippen LogP contribution in [0.4, 0.5) is 4.79 Å². The van der Waals surface area contributed by atoms with Crippen LogP contribution >= 0.6 is 0 Å². The molecule has 1 fully saturated rings. The smallest absolute Gasteiger partial charge is 0.410 e. The summed E-state index contributed by atoms with van der Waals surface area (Å²) in [6.07, 6.45) is -0.247. The van der Waals surface area contributed by atoms with Crippen molar-refractivity contribution in [1.29, 1.82) is 0 Å². The lowest BCUT2D eigenvalue weighted by atomic mass is 10.2. The van der Waals surface area contributed by atoms with Crippen LogP contribution in [0.2, 0.25) is 0 Å². The summed E-state index contributed by atoms with van der Waals surface area (Å²) < 4.78 is 10.8. The van der Waals surface area contributed by atoms with Gasteiger partial charge in [0.15, 0.2) is 0 Å². The van der Waals surface area contributed by atoms with Gasteiger partial charge in [-0.25, -0.2) is 4.79 Å². The molecule has 118 valence electrons. The standard InChI is InChI=1S/C14H24N4O3/c1-10-8-17(9-12-16-15-11(2)20-12)6-7-18(10)13(19)21-14(3,4)5/h10H,6-9H2,1-5H3/t10-/m1/s1. The summed E-state index contributed by atoms with van der Waals surface area (Å²) >= 11 is 0. The van der Waals surface area contributed by atoms with E-state index >= 15 is 0 Å². The van der Waals surface area contributed by atoms with Gasteiger partial charge >= 0.3 is 6.09 Å². The molecule has 7 nitrogen and oxygen atoms in total. The van der Waals surface area contributed by atoms with Gasteiger partial charge in [0.1, 0.15) is 5.60 Å². The van der Waals surface area contributed by atoms with Crippen molar-refractivity contribution < 1.29 is 13.9 Å². The van der Waals surface area contributed by atoms with Crippen LogP contribution in [0.1, 0.15) is 39.5 Å². The summed E-state index contributed by atoms with van der Waals surface area (Å²) in [5, 5.41) is 7.83. The highest BCUT2D eigenvalue weighted by molar-refractivity contribution is 5.68. The zero-order valence-electron chi connectivity index (χ0n) is 13.4. The van der Waals surface area contributed by atoms with Gasteiger partial charge in [-0.15, -0.1) is 10.2 Å². The summed E-state index contributed by atoms with van der Waals surface area (Å²) in [5.41, 5.74) is -0.463. The number of amides is 1. The van der Waals surface area contributed by atoms with Gasteiger partial charge < -0.3 is 14.1 Å². The lowest BCUT2D eigenvalue weighted by molar-refractivity contribution is -0.000283. The maximum Gasteiger partial charge on any atom is 0.410 e. The number of nitrogens with zero attached hydrogens (tertiary/aromatic N) is 4. The van der Waals surface area contributed by atoms with Crippen LogP contribution in [0.3, 0.4) is 0 Å². The maximum absolute atomic E-state index is 12.1. The van der Waals surface area contributed by atoms with Gasteiger partial charge in [0.2, 0.25) is 11.8 Å². The lowest BCUT2D eigenvalue weighted by Gasteiger charge is -2.39. The number of carbonyl (C=O) groups excluding carboxylic acids is 1. The summed E-state index contributed by atoms with van der Waals surface area (Å²) in [6, 6.07) is 0.0950. The van der Waals surface area contributed by atoms with Crippen molar-refractivity contribution in [3.8, 4) is 0 Å². The minimum atomic E-state index is -0.463. The fourth-order valence-corrected chi connectivity index (χ4v) is 2.36. The van der Waals surface area contributed by atoms with E-state index < -0.39 is 5.60 Å². The van der Waals surface area contributed by atoms with Gasteiger partial charge in [-0.1, -0.05) is 0 Å². The van der Waals surface area contributed by atoms with Gasteiger partial charge in [0.05, 0.1) is 6.54 Å². The Balaban J connectivity index is 1.88. The first-order chi connectivity index (χ1) is 9.74. The molecule has 2 rings (SSSR count). The highest BCUT2D eigenvalue weighted by atomic mass is 16.6. The van der Waals surface area contributed by atoms with E-state index in [1.54, 1.807) is 11.8 Å². The Kier molecular flexibility index (Phi) is 4.51. The number of rotatable bonds is 2. The van der Waals surface area contributed by atoms with Crippen LogP contribution < -0.4 is 0 Å². The zero-order chi connectivity index (χ0) is 15.6. The first-order valence-electron chi connectivity index (χ1n) is 7.25. The molecule has 0 bridgehead atoms. The molecule has 0 aliphatic carbocycles. The topological polar surface area (TPSA) is 71.7 Å². The van der Waals surface area contributed by atoms with E-state index in [0.717, 1.165) is 13.1 Å². The van der Waals surface area contributed by atoms with E-state index in [0.29, 0.717) is 24.9 Å². The van der Waals surface area contributed by atoms with Crippen molar-refractivity contribution in [3.63, 3.8) is 0 Å². The largest absolute Gasteiger partial charge is 0.444 e. The third-order valence-electron chi connectivity index (χ3n) is 3.27. The lowest BCUT2D eigenvalue weighted by Crippen LogP contribution is -2.54. The molecular weight excluding hydrogens is 272 g/mol. The number of ether oxygens (including phenoxy) is 1. The van der Waals surface area contributed by atoms with Crippen LogP contribution in [-0.2, 0) is 11.3 Å². The molecular formula is C14H24N4O3. The Morgan fingerprint density at radius 1 is 1.38 bits per heavy atom. The molecule has 0 aromatic carbocycles. The molecule has 1 aromatic rings. The fraction of sp³-hybridized carbons (Fsp3) is 0.786. The van der Waals surface area contributed by atoms with E-state index in [1.807, 2.05) is 27.7 Å². The molecule has 0 radical (unpaired) electrons. The first kappa shape index (κ1) is 15.8. The van der Waals surface area contributed by atoms with Crippen LogP contribution in [0.25, 0.3) is 0 Å². The molecule has 0 spiro atoms. The van der Waals surface area contributed by atoms with Crippen molar-refractivity contribution in [2.24, 2.45) is 0 Å². The van der Waals surface area contributed by atoms with Crippen molar-refractivity contribution in [2.45, 2.75) is 52.8 Å². The minimum absolute atomic E-state index is 0.0950. The minimum Gasteiger partial charge on any atom is -0.444 e. The molecule has 1 atom stereocenters. The molecule has 1 aliphatic rings. The van der Waals surface area contributed by atoms with E-state index in [9.17, 15) is 4.79 Å². The van der Waals surface area contributed by atoms with Gasteiger partial charge in [-0.05, 0) is 27.7 Å². The van der Waals surface area contributed by atoms with E-state index in [2.05, 4.69) is 15.1 Å². The second kappa shape index (κ2) is 6.01. The van der Waals surface area contributed by atoms with Crippen LogP contribution in [-0.4, -0.2) is 57.4 Å². The van der Waals surface area contributed by atoms with Crippen LogP contribution in [0.5, 0.6) is 0 Å². The SMILES string of the molecule is Cc1nnc(CN2CCN(C(=O)OC(C)(C)C)[C@H](C)C2)o1. The normalized spacial score (nSPS) is 20.6. The van der Waals surface area contributed by atoms with Gasteiger partial charge in [0, 0.05) is 32.6 Å². The molecule has 2 heterocycles. The first-order valence-corrected chi connectivity index (χ1v) is 7.25. The molecule has 1 aromatic heterocycles. The Morgan fingerprint density at radius 2 is 2.10 bits per heavy atom. The molecule has 7 heteroatoms. The van der Waals surface area contributed by atoms with Gasteiger partial charge in [-0.2, -0.15) is 0 Å². The number of hydrogen-bond acceptors (Lipinski definition) is 6. The molecule has 1 aliphatic heterocycles. The van der Waals surface area contributed by atoms with E-state index in [1.165, 1.54) is 0 Å². The number of aromatic nitrogens is 2. The predicted octanol–water partition coefficient (Wildman–Crippen LogP) is 1.82. The van der Waals surface area contributed by atoms with Gasteiger partial charge in [0.25, 0.3) is 0 Å². The van der Waals surface area contributed by atoms with Crippen molar-refractivity contribution in [3.05, 3.63) is 11.8 Å². The van der Waals surface area contributed by atoms with Crippen molar-refractivity contribution >= 4 is 6.09 Å². The quantitative estimate of drug-likeness (QED) is 0.829. The average molecular weight is 296 g/mol. The predicted molar refractivity (Wildman–Crippen MR) is 76.7 cm³/mol. The Bertz CT molecular complexity index is 495. The molecule has 1 amide bonds. The second-order valence-corrected chi connectivity index (χ2v) is 6.47. The highest BCUT2D eigenvalue weighted by Gasteiger charge is 2.31. The van der Waals surface area contributed by atoms with Crippen molar-refractivity contribution in [2.75, 3.05) is 19.6 Å². The van der Waals surface area contributed by atoms with Gasteiger partial charge in [-0.3, -0.25) is 4.90 Å². The zero-order valence-corrected chi connectivity index (χ0v) is 13.4. The number of piperazine rings is 1. The fourth-order valence-electron chi connectivity index (χ4n) is 2.36. The third kappa shape index (κ3) is 4.42.